The SMILES string of the molecule is C[C@@H]1[C@@H]2CC[C@@H]([C@H](Oc3ccc(C(F)(F)F)cn3)C2)N1C(=O)c1cccc(F)c1-n1nccn1. The van der Waals surface area contributed by atoms with E-state index in [1.165, 1.54) is 36.7 Å². The molecule has 0 unspecified atom stereocenters. The smallest absolute Gasteiger partial charge is 0.417 e. The van der Waals surface area contributed by atoms with Crippen LogP contribution in [0.1, 0.15) is 42.1 Å². The quantitative estimate of drug-likeness (QED) is 0.527. The number of pyridine rings is 1. The second-order valence-corrected chi connectivity index (χ2v) is 8.59. The summed E-state index contributed by atoms with van der Waals surface area (Å²) >= 11 is 0. The zero-order chi connectivity index (χ0) is 24.0. The van der Waals surface area contributed by atoms with Crippen LogP contribution in [0.5, 0.6) is 5.88 Å². The van der Waals surface area contributed by atoms with Crippen LogP contribution in [-0.2, 0) is 6.18 Å². The number of carbonyl (C=O) groups is 1. The number of ether oxygens (including phenoxy) is 1. The molecule has 0 spiro atoms. The lowest BCUT2D eigenvalue weighted by atomic mass is 9.73. The summed E-state index contributed by atoms with van der Waals surface area (Å²) < 4.78 is 59.2. The topological polar surface area (TPSA) is 73.1 Å². The molecule has 178 valence electrons. The number of piperidine rings is 2. The van der Waals surface area contributed by atoms with Crippen molar-refractivity contribution in [1.29, 1.82) is 0 Å². The maximum atomic E-state index is 14.7. The molecule has 2 bridgehead atoms. The summed E-state index contributed by atoms with van der Waals surface area (Å²) in [6.45, 7) is 1.95. The van der Waals surface area contributed by atoms with E-state index in [1.807, 2.05) is 6.92 Å². The molecule has 1 aromatic carbocycles. The van der Waals surface area contributed by atoms with E-state index in [9.17, 15) is 22.4 Å². The Kier molecular flexibility index (Phi) is 5.49. The summed E-state index contributed by atoms with van der Waals surface area (Å²) in [7, 11) is 0. The van der Waals surface area contributed by atoms with Gasteiger partial charge in [-0.3, -0.25) is 4.79 Å². The van der Waals surface area contributed by atoms with Gasteiger partial charge < -0.3 is 9.64 Å². The Morgan fingerprint density at radius 1 is 1.12 bits per heavy atom. The number of hydrogen-bond donors (Lipinski definition) is 0. The molecule has 34 heavy (non-hydrogen) atoms. The lowest BCUT2D eigenvalue weighted by Gasteiger charge is -2.53. The molecule has 0 radical (unpaired) electrons. The number of amides is 1. The number of hydrogen-bond acceptors (Lipinski definition) is 5. The second kappa shape index (κ2) is 8.37. The first-order valence-corrected chi connectivity index (χ1v) is 10.9. The van der Waals surface area contributed by atoms with Crippen LogP contribution in [0.2, 0.25) is 0 Å². The molecule has 0 N–H and O–H groups in total. The van der Waals surface area contributed by atoms with Crippen LogP contribution < -0.4 is 4.74 Å². The zero-order valence-corrected chi connectivity index (χ0v) is 18.1. The summed E-state index contributed by atoms with van der Waals surface area (Å²) in [6, 6.07) is 5.89. The highest BCUT2D eigenvalue weighted by Crippen LogP contribution is 2.42. The van der Waals surface area contributed by atoms with Gasteiger partial charge in [-0.25, -0.2) is 9.37 Å². The van der Waals surface area contributed by atoms with Crippen molar-refractivity contribution in [3.05, 3.63) is 65.9 Å². The van der Waals surface area contributed by atoms with Gasteiger partial charge >= 0.3 is 6.18 Å². The maximum Gasteiger partial charge on any atom is 0.417 e. The predicted molar refractivity (Wildman–Crippen MR) is 112 cm³/mol. The van der Waals surface area contributed by atoms with E-state index in [0.29, 0.717) is 12.8 Å². The van der Waals surface area contributed by atoms with Crippen LogP contribution in [-0.4, -0.2) is 49.0 Å². The van der Waals surface area contributed by atoms with Crippen molar-refractivity contribution >= 4 is 5.91 Å². The van der Waals surface area contributed by atoms with Gasteiger partial charge in [0.15, 0.2) is 5.82 Å². The van der Waals surface area contributed by atoms with Gasteiger partial charge in [-0.05, 0) is 50.3 Å². The molecule has 6 rings (SSSR count). The fourth-order valence-electron chi connectivity index (χ4n) is 5.03. The van der Waals surface area contributed by atoms with Crippen molar-refractivity contribution in [2.45, 2.75) is 50.6 Å². The number of carbonyl (C=O) groups excluding carboxylic acids is 1. The predicted octanol–water partition coefficient (Wildman–Crippen LogP) is 4.28. The third-order valence-electron chi connectivity index (χ3n) is 6.68. The van der Waals surface area contributed by atoms with Crippen molar-refractivity contribution in [1.82, 2.24) is 24.9 Å². The highest BCUT2D eigenvalue weighted by Gasteiger charge is 2.49. The second-order valence-electron chi connectivity index (χ2n) is 8.59. The molecule has 2 aromatic heterocycles. The van der Waals surface area contributed by atoms with E-state index in [-0.39, 0.29) is 41.0 Å². The van der Waals surface area contributed by atoms with Crippen LogP contribution in [0, 0.1) is 11.7 Å². The number of nitrogens with zero attached hydrogens (tertiary/aromatic N) is 5. The number of halogens is 4. The fourth-order valence-corrected chi connectivity index (χ4v) is 5.03. The molecule has 11 heteroatoms. The Labute approximate surface area is 192 Å². The highest BCUT2D eigenvalue weighted by atomic mass is 19.4. The maximum absolute atomic E-state index is 14.7. The lowest BCUT2D eigenvalue weighted by Crippen LogP contribution is -2.63. The van der Waals surface area contributed by atoms with Crippen molar-refractivity contribution in [3.63, 3.8) is 0 Å². The number of para-hydroxylation sites is 1. The molecule has 2 aliphatic heterocycles. The van der Waals surface area contributed by atoms with Gasteiger partial charge in [0.25, 0.3) is 5.91 Å². The van der Waals surface area contributed by atoms with E-state index >= 15 is 0 Å². The molecule has 3 fully saturated rings. The number of benzene rings is 1. The van der Waals surface area contributed by atoms with Crippen LogP contribution in [0.3, 0.4) is 0 Å². The monoisotopic (exact) mass is 475 g/mol. The molecule has 1 amide bonds. The Morgan fingerprint density at radius 3 is 2.56 bits per heavy atom. The lowest BCUT2D eigenvalue weighted by molar-refractivity contribution is -0.137. The number of alkyl halides is 3. The standard InChI is InChI=1S/C23H21F4N5O2/c1-13-14-5-7-18(19(11-14)34-20-8-6-15(12-28-20)23(25,26)27)31(13)22(33)16-3-2-4-17(24)21(16)32-29-9-10-30-32/h2-4,6,8-10,12-14,18-19H,5,7,11H2,1H3/t13-,14-,18+,19-/m1/s1. The minimum Gasteiger partial charge on any atom is -0.472 e. The summed E-state index contributed by atoms with van der Waals surface area (Å²) in [6.07, 6.45) is 0.805. The van der Waals surface area contributed by atoms with Crippen LogP contribution in [0.25, 0.3) is 5.69 Å². The average Bonchev–Trinajstić information content (AvgIpc) is 3.33. The van der Waals surface area contributed by atoms with Gasteiger partial charge in [-0.15, -0.1) is 4.80 Å². The molecule has 7 nitrogen and oxygen atoms in total. The Balaban J connectivity index is 1.43. The first-order chi connectivity index (χ1) is 16.2. The van der Waals surface area contributed by atoms with Crippen LogP contribution >= 0.6 is 0 Å². The Hall–Kier alpha value is -3.50. The van der Waals surface area contributed by atoms with Crippen molar-refractivity contribution in [2.24, 2.45) is 5.92 Å². The average molecular weight is 475 g/mol. The number of rotatable bonds is 4. The van der Waals surface area contributed by atoms with Crippen molar-refractivity contribution < 1.29 is 27.1 Å². The normalized spacial score (nSPS) is 24.3. The van der Waals surface area contributed by atoms with E-state index in [0.717, 1.165) is 23.5 Å². The molecule has 1 aliphatic carbocycles. The summed E-state index contributed by atoms with van der Waals surface area (Å²) in [5, 5.41) is 7.96. The first kappa shape index (κ1) is 22.3. The van der Waals surface area contributed by atoms with Gasteiger partial charge in [-0.1, -0.05) is 6.07 Å². The fraction of sp³-hybridized carbons (Fsp3) is 0.391. The summed E-state index contributed by atoms with van der Waals surface area (Å²) in [4.78, 5) is 20.3. The molecule has 3 aromatic rings. The first-order valence-electron chi connectivity index (χ1n) is 10.9. The Bertz CT molecular complexity index is 1180. The molecule has 1 saturated carbocycles. The molecular weight excluding hydrogens is 454 g/mol. The van der Waals surface area contributed by atoms with Crippen LogP contribution in [0.15, 0.2) is 48.9 Å². The number of aromatic nitrogens is 4. The van der Waals surface area contributed by atoms with E-state index in [4.69, 9.17) is 4.74 Å². The molecule has 3 aliphatic rings. The van der Waals surface area contributed by atoms with Gasteiger partial charge in [0.1, 0.15) is 11.8 Å². The summed E-state index contributed by atoms with van der Waals surface area (Å²) in [5.41, 5.74) is -0.767. The molecular formula is C23H21F4N5O2. The number of fused-ring (bicyclic) bond motifs is 3. The summed E-state index contributed by atoms with van der Waals surface area (Å²) in [5.74, 6) is -0.799. The van der Waals surface area contributed by atoms with Gasteiger partial charge in [0, 0.05) is 18.3 Å². The molecule has 4 heterocycles. The van der Waals surface area contributed by atoms with Gasteiger partial charge in [0.05, 0.1) is 29.6 Å². The van der Waals surface area contributed by atoms with Gasteiger partial charge in [0.2, 0.25) is 5.88 Å². The van der Waals surface area contributed by atoms with Crippen molar-refractivity contribution in [2.75, 3.05) is 0 Å². The van der Waals surface area contributed by atoms with E-state index in [1.54, 1.807) is 4.90 Å². The van der Waals surface area contributed by atoms with Crippen molar-refractivity contribution in [3.8, 4) is 11.6 Å². The third kappa shape index (κ3) is 3.88. The van der Waals surface area contributed by atoms with Crippen LogP contribution in [0.4, 0.5) is 17.6 Å². The highest BCUT2D eigenvalue weighted by molar-refractivity contribution is 5.98. The minimum atomic E-state index is -4.49. The molecule has 2 saturated heterocycles. The largest absolute Gasteiger partial charge is 0.472 e. The van der Waals surface area contributed by atoms with Gasteiger partial charge in [-0.2, -0.15) is 23.4 Å². The Morgan fingerprint density at radius 2 is 1.88 bits per heavy atom. The molecule has 4 atom stereocenters. The minimum absolute atomic E-state index is 0.0342. The third-order valence-corrected chi connectivity index (χ3v) is 6.68. The van der Waals surface area contributed by atoms with E-state index < -0.39 is 23.7 Å². The zero-order valence-electron chi connectivity index (χ0n) is 18.1. The van der Waals surface area contributed by atoms with E-state index in [2.05, 4.69) is 15.2 Å².